The molecule has 4 rings (SSSR count). The van der Waals surface area contributed by atoms with Gasteiger partial charge < -0.3 is 10.2 Å². The number of carbonyl (C=O) groups is 2. The fourth-order valence-electron chi connectivity index (χ4n) is 3.38. The van der Waals surface area contributed by atoms with Gasteiger partial charge in [-0.15, -0.1) is 0 Å². The molecule has 0 bridgehead atoms. The highest BCUT2D eigenvalue weighted by Gasteiger charge is 2.29. The number of nitrogens with zero attached hydrogens (tertiary/aromatic N) is 5. The van der Waals surface area contributed by atoms with Crippen LogP contribution < -0.4 is 10.2 Å². The van der Waals surface area contributed by atoms with E-state index in [1.807, 2.05) is 30.3 Å². The first kappa shape index (κ1) is 19.3. The molecule has 0 saturated carbocycles. The molecule has 1 aliphatic rings. The zero-order chi connectivity index (χ0) is 20.4. The highest BCUT2D eigenvalue weighted by atomic mass is 79.9. The monoisotopic (exact) mass is 454 g/mol. The van der Waals surface area contributed by atoms with Crippen LogP contribution in [0, 0.1) is 0 Å². The van der Waals surface area contributed by atoms with Crippen molar-refractivity contribution < 1.29 is 9.59 Å². The maximum Gasteiger partial charge on any atom is 0.342 e. The molecule has 3 aromatic rings. The molecule has 1 atom stereocenters. The van der Waals surface area contributed by atoms with Crippen LogP contribution in [0.2, 0.25) is 0 Å². The van der Waals surface area contributed by atoms with E-state index in [1.54, 1.807) is 30.5 Å². The summed E-state index contributed by atoms with van der Waals surface area (Å²) in [6, 6.07) is 8.49. The Morgan fingerprint density at radius 3 is 3.00 bits per heavy atom. The normalized spacial score (nSPS) is 16.3. The summed E-state index contributed by atoms with van der Waals surface area (Å²) in [5.74, 6) is -0.151. The van der Waals surface area contributed by atoms with E-state index in [0.29, 0.717) is 19.3 Å². The number of nitrogens with one attached hydrogen (secondary N) is 1. The standard InChI is InChI=1S/C20H19BrN6O2/c1-26-18-10-15(21)6-4-14(18)5-7-17(19(26)28)24-20(29)27-12-13(11-23-27)9-16-3-2-8-22-25-16/h2-4,6,8,10-12,17H,5,7,9H2,1H3,(H,24,29)/t17-/m0/s1. The third-order valence-corrected chi connectivity index (χ3v) is 5.39. The van der Waals surface area contributed by atoms with Crippen LogP contribution >= 0.6 is 15.9 Å². The van der Waals surface area contributed by atoms with E-state index in [-0.39, 0.29) is 5.91 Å². The number of anilines is 1. The van der Waals surface area contributed by atoms with Crippen LogP contribution in [-0.4, -0.2) is 45.0 Å². The molecule has 1 N–H and O–H groups in total. The van der Waals surface area contributed by atoms with Crippen molar-refractivity contribution in [2.45, 2.75) is 25.3 Å². The number of likely N-dealkylation sites (N-methyl/N-ethyl adjacent to an activating group) is 1. The Kier molecular flexibility index (Phi) is 5.39. The Labute approximate surface area is 176 Å². The van der Waals surface area contributed by atoms with Crippen LogP contribution in [0.5, 0.6) is 0 Å². The molecule has 0 radical (unpaired) electrons. The molecular formula is C20H19BrN6O2. The highest BCUT2D eigenvalue weighted by molar-refractivity contribution is 9.10. The lowest BCUT2D eigenvalue weighted by molar-refractivity contribution is -0.120. The number of rotatable bonds is 3. The molecule has 2 amide bonds. The molecule has 0 unspecified atom stereocenters. The van der Waals surface area contributed by atoms with Gasteiger partial charge >= 0.3 is 6.03 Å². The second-order valence-corrected chi connectivity index (χ2v) is 7.81. The summed E-state index contributed by atoms with van der Waals surface area (Å²) in [5, 5.41) is 14.8. The van der Waals surface area contributed by atoms with Gasteiger partial charge in [0.1, 0.15) is 6.04 Å². The Morgan fingerprint density at radius 2 is 2.21 bits per heavy atom. The van der Waals surface area contributed by atoms with Crippen molar-refractivity contribution in [3.05, 3.63) is 70.2 Å². The van der Waals surface area contributed by atoms with E-state index in [1.165, 1.54) is 4.68 Å². The maximum absolute atomic E-state index is 12.9. The minimum Gasteiger partial charge on any atom is -0.324 e. The quantitative estimate of drug-likeness (QED) is 0.656. The van der Waals surface area contributed by atoms with Crippen LogP contribution in [-0.2, 0) is 17.6 Å². The summed E-state index contributed by atoms with van der Waals surface area (Å²) in [6.45, 7) is 0. The predicted molar refractivity (Wildman–Crippen MR) is 111 cm³/mol. The van der Waals surface area contributed by atoms with Gasteiger partial charge in [0, 0.05) is 36.0 Å². The lowest BCUT2D eigenvalue weighted by atomic mass is 10.1. The molecule has 29 heavy (non-hydrogen) atoms. The second-order valence-electron chi connectivity index (χ2n) is 6.90. The van der Waals surface area contributed by atoms with Crippen molar-refractivity contribution in [3.8, 4) is 0 Å². The molecule has 8 nitrogen and oxygen atoms in total. The number of amides is 2. The van der Waals surface area contributed by atoms with Gasteiger partial charge in [0.15, 0.2) is 0 Å². The molecule has 0 aliphatic carbocycles. The number of aryl methyl sites for hydroxylation is 1. The predicted octanol–water partition coefficient (Wildman–Crippen LogP) is 2.56. The number of benzene rings is 1. The summed E-state index contributed by atoms with van der Waals surface area (Å²) in [4.78, 5) is 27.1. The Bertz CT molecular complexity index is 1050. The van der Waals surface area contributed by atoms with Crippen molar-refractivity contribution in [2.75, 3.05) is 11.9 Å². The zero-order valence-electron chi connectivity index (χ0n) is 15.7. The largest absolute Gasteiger partial charge is 0.342 e. The number of carbonyl (C=O) groups excluding carboxylic acids is 2. The minimum atomic E-state index is -0.619. The number of halogens is 1. The molecule has 1 aromatic carbocycles. The number of fused-ring (bicyclic) bond motifs is 1. The van der Waals surface area contributed by atoms with Crippen molar-refractivity contribution in [3.63, 3.8) is 0 Å². The van der Waals surface area contributed by atoms with Crippen LogP contribution in [0.25, 0.3) is 0 Å². The van der Waals surface area contributed by atoms with Gasteiger partial charge in [0.05, 0.1) is 11.9 Å². The van der Waals surface area contributed by atoms with Gasteiger partial charge in [0.25, 0.3) is 0 Å². The van der Waals surface area contributed by atoms with Gasteiger partial charge in [-0.05, 0) is 48.2 Å². The minimum absolute atomic E-state index is 0.151. The SMILES string of the molecule is CN1C(=O)[C@@H](NC(=O)n2cc(Cc3cccnn3)cn2)CCc2ccc(Br)cc21. The Morgan fingerprint density at radius 1 is 1.34 bits per heavy atom. The van der Waals surface area contributed by atoms with Crippen LogP contribution in [0.15, 0.2) is 53.4 Å². The average molecular weight is 455 g/mol. The molecule has 0 spiro atoms. The van der Waals surface area contributed by atoms with Crippen molar-refractivity contribution in [1.82, 2.24) is 25.3 Å². The van der Waals surface area contributed by atoms with Crippen LogP contribution in [0.4, 0.5) is 10.5 Å². The highest BCUT2D eigenvalue weighted by Crippen LogP contribution is 2.29. The molecule has 9 heteroatoms. The van der Waals surface area contributed by atoms with Gasteiger partial charge in [-0.2, -0.15) is 20.0 Å². The maximum atomic E-state index is 12.9. The summed E-state index contributed by atoms with van der Waals surface area (Å²) in [7, 11) is 1.73. The van der Waals surface area contributed by atoms with Crippen molar-refractivity contribution in [2.24, 2.45) is 0 Å². The third kappa shape index (κ3) is 4.19. The molecule has 2 aromatic heterocycles. The van der Waals surface area contributed by atoms with E-state index in [0.717, 1.165) is 27.0 Å². The first-order valence-electron chi connectivity index (χ1n) is 9.18. The molecule has 0 fully saturated rings. The fourth-order valence-corrected chi connectivity index (χ4v) is 3.73. The third-order valence-electron chi connectivity index (χ3n) is 4.89. The lowest BCUT2D eigenvalue weighted by Gasteiger charge is -2.22. The molecular weight excluding hydrogens is 436 g/mol. The first-order valence-corrected chi connectivity index (χ1v) is 9.97. The Balaban J connectivity index is 1.45. The lowest BCUT2D eigenvalue weighted by Crippen LogP contribution is -2.48. The number of hydrogen-bond acceptors (Lipinski definition) is 5. The Hall–Kier alpha value is -3.07. The van der Waals surface area contributed by atoms with E-state index in [4.69, 9.17) is 0 Å². The first-order chi connectivity index (χ1) is 14.0. The van der Waals surface area contributed by atoms with Crippen molar-refractivity contribution >= 4 is 33.6 Å². The smallest absolute Gasteiger partial charge is 0.324 e. The molecule has 148 valence electrons. The molecule has 0 saturated heterocycles. The van der Waals surface area contributed by atoms with E-state index in [2.05, 4.69) is 36.5 Å². The molecule has 1 aliphatic heterocycles. The summed E-state index contributed by atoms with van der Waals surface area (Å²) in [6.07, 6.45) is 6.61. The van der Waals surface area contributed by atoms with E-state index in [9.17, 15) is 9.59 Å². The number of hydrogen-bond donors (Lipinski definition) is 1. The van der Waals surface area contributed by atoms with Gasteiger partial charge in [-0.25, -0.2) is 4.79 Å². The average Bonchev–Trinajstić information content (AvgIpc) is 3.16. The van der Waals surface area contributed by atoms with Crippen molar-refractivity contribution in [1.29, 1.82) is 0 Å². The van der Waals surface area contributed by atoms with Gasteiger partial charge in [-0.3, -0.25) is 4.79 Å². The zero-order valence-corrected chi connectivity index (χ0v) is 17.3. The summed E-state index contributed by atoms with van der Waals surface area (Å²) >= 11 is 3.45. The van der Waals surface area contributed by atoms with Crippen LogP contribution in [0.3, 0.4) is 0 Å². The summed E-state index contributed by atoms with van der Waals surface area (Å²) < 4.78 is 2.12. The van der Waals surface area contributed by atoms with Gasteiger partial charge in [0.2, 0.25) is 5.91 Å². The fraction of sp³-hybridized carbons (Fsp3) is 0.250. The number of aromatic nitrogens is 4. The van der Waals surface area contributed by atoms with E-state index >= 15 is 0 Å². The second kappa shape index (κ2) is 8.12. The molecule has 3 heterocycles. The topological polar surface area (TPSA) is 93.0 Å². The summed E-state index contributed by atoms with van der Waals surface area (Å²) in [5.41, 5.74) is 3.55. The van der Waals surface area contributed by atoms with E-state index < -0.39 is 12.1 Å². The van der Waals surface area contributed by atoms with Gasteiger partial charge in [-0.1, -0.05) is 22.0 Å². The van der Waals surface area contributed by atoms with Crippen LogP contribution in [0.1, 0.15) is 23.2 Å².